The summed E-state index contributed by atoms with van der Waals surface area (Å²) in [5.41, 5.74) is 0. The minimum absolute atomic E-state index is 0. The van der Waals surface area contributed by atoms with Gasteiger partial charge in [-0.25, -0.2) is 18.5 Å². The third kappa shape index (κ3) is 9.54. The standard InChI is InChI=1S/C12H23N5O2S2.HI/c1-3-10-9-17-11(20-10)5-6-15-12(14-4-2)16-7-8-21(13,18)19;/h9H,3-8H2,1-2H3,(H2,13,18,19)(H2,14,15,16);1H. The van der Waals surface area contributed by atoms with Gasteiger partial charge in [-0.15, -0.1) is 35.3 Å². The molecule has 0 aliphatic heterocycles. The summed E-state index contributed by atoms with van der Waals surface area (Å²) < 4.78 is 21.7. The average Bonchev–Trinajstić information content (AvgIpc) is 2.85. The Morgan fingerprint density at radius 1 is 1.41 bits per heavy atom. The Hall–Kier alpha value is -0.460. The number of nitrogens with two attached hydrogens (primary N) is 1. The van der Waals surface area contributed by atoms with Crippen LogP contribution in [0.4, 0.5) is 0 Å². The van der Waals surface area contributed by atoms with Gasteiger partial charge < -0.3 is 10.6 Å². The van der Waals surface area contributed by atoms with E-state index >= 15 is 0 Å². The summed E-state index contributed by atoms with van der Waals surface area (Å²) in [6, 6.07) is 0. The summed E-state index contributed by atoms with van der Waals surface area (Å²) >= 11 is 1.71. The average molecular weight is 461 g/mol. The fourth-order valence-electron chi connectivity index (χ4n) is 1.54. The van der Waals surface area contributed by atoms with Gasteiger partial charge in [0.15, 0.2) is 5.96 Å². The number of nitrogens with one attached hydrogen (secondary N) is 2. The fraction of sp³-hybridized carbons (Fsp3) is 0.667. The molecular weight excluding hydrogens is 437 g/mol. The first-order chi connectivity index (χ1) is 9.94. The molecule has 0 saturated carbocycles. The number of primary sulfonamides is 1. The second-order valence-corrected chi connectivity index (χ2v) is 7.31. The maximum atomic E-state index is 10.9. The highest BCUT2D eigenvalue weighted by Crippen LogP contribution is 2.13. The van der Waals surface area contributed by atoms with Crippen molar-refractivity contribution in [2.24, 2.45) is 10.1 Å². The summed E-state index contributed by atoms with van der Waals surface area (Å²) in [6.07, 6.45) is 3.72. The molecule has 0 aromatic carbocycles. The Morgan fingerprint density at radius 3 is 2.68 bits per heavy atom. The smallest absolute Gasteiger partial charge is 0.210 e. The number of aryl methyl sites for hydroxylation is 1. The van der Waals surface area contributed by atoms with Crippen LogP contribution in [0.1, 0.15) is 23.7 Å². The number of aliphatic imine (C=N–C) groups is 1. The van der Waals surface area contributed by atoms with Gasteiger partial charge in [0.2, 0.25) is 10.0 Å². The second kappa shape index (κ2) is 11.1. The van der Waals surface area contributed by atoms with Crippen molar-refractivity contribution in [3.8, 4) is 0 Å². The van der Waals surface area contributed by atoms with E-state index in [9.17, 15) is 8.42 Å². The lowest BCUT2D eigenvalue weighted by Gasteiger charge is -2.10. The van der Waals surface area contributed by atoms with Gasteiger partial charge in [-0.3, -0.25) is 4.99 Å². The molecule has 0 atom stereocenters. The van der Waals surface area contributed by atoms with Crippen LogP contribution in [0.3, 0.4) is 0 Å². The van der Waals surface area contributed by atoms with Crippen LogP contribution in [0, 0.1) is 0 Å². The van der Waals surface area contributed by atoms with Crippen molar-refractivity contribution in [1.29, 1.82) is 0 Å². The van der Waals surface area contributed by atoms with Crippen LogP contribution < -0.4 is 15.8 Å². The number of thiazole rings is 1. The molecule has 0 fully saturated rings. The lowest BCUT2D eigenvalue weighted by atomic mass is 10.4. The number of guanidine groups is 1. The van der Waals surface area contributed by atoms with Crippen molar-refractivity contribution >= 4 is 51.3 Å². The maximum absolute atomic E-state index is 10.9. The van der Waals surface area contributed by atoms with Crippen molar-refractivity contribution in [3.63, 3.8) is 0 Å². The first kappa shape index (κ1) is 21.5. The number of aromatic nitrogens is 1. The molecule has 1 aromatic heterocycles. The summed E-state index contributed by atoms with van der Waals surface area (Å²) in [4.78, 5) is 9.79. The van der Waals surface area contributed by atoms with E-state index in [-0.39, 0.29) is 36.3 Å². The van der Waals surface area contributed by atoms with E-state index in [2.05, 4.69) is 27.5 Å². The van der Waals surface area contributed by atoms with Gasteiger partial charge in [0.25, 0.3) is 0 Å². The lowest BCUT2D eigenvalue weighted by molar-refractivity contribution is 0.597. The van der Waals surface area contributed by atoms with E-state index in [1.165, 1.54) is 4.88 Å². The topological polar surface area (TPSA) is 109 Å². The van der Waals surface area contributed by atoms with E-state index < -0.39 is 10.0 Å². The fourth-order valence-corrected chi connectivity index (χ4v) is 2.75. The van der Waals surface area contributed by atoms with Crippen molar-refractivity contribution < 1.29 is 8.42 Å². The molecule has 0 bridgehead atoms. The van der Waals surface area contributed by atoms with Crippen LogP contribution >= 0.6 is 35.3 Å². The SMILES string of the molecule is CCNC(=NCCS(N)(=O)=O)NCCc1ncc(CC)s1.I. The molecule has 1 aromatic rings. The van der Waals surface area contributed by atoms with Crippen molar-refractivity contribution in [1.82, 2.24) is 15.6 Å². The Balaban J connectivity index is 0.00000441. The van der Waals surface area contributed by atoms with Crippen LogP contribution in [0.5, 0.6) is 0 Å². The third-order valence-corrected chi connectivity index (χ3v) is 4.52. The number of hydrogen-bond acceptors (Lipinski definition) is 5. The first-order valence-corrected chi connectivity index (χ1v) is 9.44. The van der Waals surface area contributed by atoms with Gasteiger partial charge in [-0.1, -0.05) is 6.92 Å². The van der Waals surface area contributed by atoms with E-state index in [0.717, 1.165) is 17.8 Å². The molecule has 0 radical (unpaired) electrons. The van der Waals surface area contributed by atoms with Crippen molar-refractivity contribution in [2.45, 2.75) is 26.7 Å². The molecular formula is C12H24IN5O2S2. The molecule has 1 rings (SSSR count). The minimum atomic E-state index is -3.47. The molecule has 128 valence electrons. The largest absolute Gasteiger partial charge is 0.357 e. The molecule has 0 amide bonds. The number of hydrogen-bond donors (Lipinski definition) is 3. The monoisotopic (exact) mass is 461 g/mol. The Kier molecular flexibility index (Phi) is 10.9. The number of rotatable bonds is 8. The second-order valence-electron chi connectivity index (χ2n) is 4.38. The highest BCUT2D eigenvalue weighted by Gasteiger charge is 2.04. The van der Waals surface area contributed by atoms with E-state index in [4.69, 9.17) is 5.14 Å². The predicted octanol–water partition coefficient (Wildman–Crippen LogP) is 0.710. The molecule has 0 saturated heterocycles. The molecule has 0 spiro atoms. The van der Waals surface area contributed by atoms with Gasteiger partial charge in [0.1, 0.15) is 0 Å². The summed E-state index contributed by atoms with van der Waals surface area (Å²) in [7, 11) is -3.47. The Bertz CT molecular complexity index is 560. The third-order valence-electron chi connectivity index (χ3n) is 2.57. The van der Waals surface area contributed by atoms with Crippen molar-refractivity contribution in [2.75, 3.05) is 25.4 Å². The van der Waals surface area contributed by atoms with Crippen LogP contribution in [0.2, 0.25) is 0 Å². The molecule has 4 N–H and O–H groups in total. The Labute approximate surface area is 153 Å². The zero-order valence-corrected chi connectivity index (χ0v) is 16.8. The van der Waals surface area contributed by atoms with Crippen LogP contribution in [-0.2, 0) is 22.9 Å². The molecule has 0 aliphatic rings. The van der Waals surface area contributed by atoms with E-state index in [0.29, 0.717) is 19.0 Å². The van der Waals surface area contributed by atoms with Gasteiger partial charge in [0.05, 0.1) is 17.3 Å². The molecule has 7 nitrogen and oxygen atoms in total. The Morgan fingerprint density at radius 2 is 2.14 bits per heavy atom. The zero-order chi connectivity index (χ0) is 15.7. The van der Waals surface area contributed by atoms with Crippen LogP contribution in [0.15, 0.2) is 11.2 Å². The minimum Gasteiger partial charge on any atom is -0.357 e. The number of halogens is 1. The summed E-state index contributed by atoms with van der Waals surface area (Å²) in [5, 5.41) is 12.2. The number of sulfonamides is 1. The van der Waals surface area contributed by atoms with Gasteiger partial charge in [-0.2, -0.15) is 0 Å². The summed E-state index contributed by atoms with van der Waals surface area (Å²) in [6.45, 7) is 5.60. The molecule has 1 heterocycles. The highest BCUT2D eigenvalue weighted by molar-refractivity contribution is 14.0. The normalized spacial score (nSPS) is 11.9. The molecule has 10 heteroatoms. The predicted molar refractivity (Wildman–Crippen MR) is 103 cm³/mol. The van der Waals surface area contributed by atoms with Crippen molar-refractivity contribution in [3.05, 3.63) is 16.1 Å². The molecule has 22 heavy (non-hydrogen) atoms. The van der Waals surface area contributed by atoms with Crippen LogP contribution in [-0.4, -0.2) is 44.7 Å². The van der Waals surface area contributed by atoms with Gasteiger partial charge in [0, 0.05) is 30.6 Å². The maximum Gasteiger partial charge on any atom is 0.210 e. The zero-order valence-electron chi connectivity index (χ0n) is 12.8. The summed E-state index contributed by atoms with van der Waals surface area (Å²) in [5.74, 6) is 0.434. The number of nitrogens with zero attached hydrogens (tertiary/aromatic N) is 2. The van der Waals surface area contributed by atoms with Gasteiger partial charge in [-0.05, 0) is 13.3 Å². The van der Waals surface area contributed by atoms with E-state index in [1.807, 2.05) is 13.1 Å². The van der Waals surface area contributed by atoms with Gasteiger partial charge >= 0.3 is 0 Å². The first-order valence-electron chi connectivity index (χ1n) is 6.90. The molecule has 0 aliphatic carbocycles. The highest BCUT2D eigenvalue weighted by atomic mass is 127. The quantitative estimate of drug-likeness (QED) is 0.300. The molecule has 0 unspecified atom stereocenters. The lowest BCUT2D eigenvalue weighted by Crippen LogP contribution is -2.38. The van der Waals surface area contributed by atoms with Crippen LogP contribution in [0.25, 0.3) is 0 Å². The van der Waals surface area contributed by atoms with E-state index in [1.54, 1.807) is 11.3 Å².